The number of amides is 1. The smallest absolute Gasteiger partial charge is 0.220 e. The number of hydrogen-bond acceptors (Lipinski definition) is 3. The highest BCUT2D eigenvalue weighted by atomic mass is 35.5. The van der Waals surface area contributed by atoms with Crippen LogP contribution in [0.3, 0.4) is 0 Å². The number of hydrogen-bond donors (Lipinski definition) is 2. The van der Waals surface area contributed by atoms with Crippen molar-refractivity contribution >= 4 is 18.3 Å². The Labute approximate surface area is 148 Å². The van der Waals surface area contributed by atoms with Gasteiger partial charge in [0, 0.05) is 19.6 Å². The molecule has 2 N–H and O–H groups in total. The van der Waals surface area contributed by atoms with E-state index in [9.17, 15) is 9.90 Å². The van der Waals surface area contributed by atoms with Crippen molar-refractivity contribution in [1.82, 2.24) is 10.2 Å². The fourth-order valence-electron chi connectivity index (χ4n) is 3.09. The molecule has 23 heavy (non-hydrogen) atoms. The molecule has 0 saturated carbocycles. The zero-order valence-electron chi connectivity index (χ0n) is 15.2. The second-order valence-electron chi connectivity index (χ2n) is 7.33. The van der Waals surface area contributed by atoms with E-state index in [4.69, 9.17) is 0 Å². The molecule has 0 radical (unpaired) electrons. The number of unbranched alkanes of at least 4 members (excludes halogenated alkanes) is 1. The number of rotatable bonds is 10. The Morgan fingerprint density at radius 3 is 2.43 bits per heavy atom. The lowest BCUT2D eigenvalue weighted by molar-refractivity contribution is -0.121. The van der Waals surface area contributed by atoms with Gasteiger partial charge in [-0.1, -0.05) is 20.8 Å². The van der Waals surface area contributed by atoms with E-state index in [0.717, 1.165) is 45.4 Å². The van der Waals surface area contributed by atoms with Gasteiger partial charge in [0.2, 0.25) is 5.91 Å². The molecule has 0 aromatic heterocycles. The van der Waals surface area contributed by atoms with Crippen molar-refractivity contribution in [3.05, 3.63) is 0 Å². The van der Waals surface area contributed by atoms with Crippen LogP contribution >= 0.6 is 12.4 Å². The van der Waals surface area contributed by atoms with Gasteiger partial charge in [-0.25, -0.2) is 0 Å². The van der Waals surface area contributed by atoms with Gasteiger partial charge >= 0.3 is 0 Å². The zero-order chi connectivity index (χ0) is 16.4. The first-order chi connectivity index (χ1) is 10.5. The van der Waals surface area contributed by atoms with Crippen molar-refractivity contribution in [2.24, 2.45) is 17.8 Å². The van der Waals surface area contributed by atoms with E-state index >= 15 is 0 Å². The van der Waals surface area contributed by atoms with Crippen LogP contribution in [0.4, 0.5) is 0 Å². The molecular weight excluding hydrogens is 312 g/mol. The van der Waals surface area contributed by atoms with Crippen molar-refractivity contribution in [2.45, 2.75) is 59.3 Å². The maximum absolute atomic E-state index is 11.6. The number of halogens is 1. The first kappa shape index (κ1) is 22.7. The van der Waals surface area contributed by atoms with E-state index in [0.29, 0.717) is 30.8 Å². The minimum atomic E-state index is 0. The first-order valence-electron chi connectivity index (χ1n) is 9.12. The van der Waals surface area contributed by atoms with Gasteiger partial charge in [-0.3, -0.25) is 4.79 Å². The molecule has 1 aliphatic heterocycles. The van der Waals surface area contributed by atoms with E-state index in [1.54, 1.807) is 0 Å². The summed E-state index contributed by atoms with van der Waals surface area (Å²) in [5, 5.41) is 12.2. The van der Waals surface area contributed by atoms with Gasteiger partial charge in [-0.05, 0) is 69.5 Å². The summed E-state index contributed by atoms with van der Waals surface area (Å²) in [6.45, 7) is 11.1. The molecule has 5 heteroatoms. The maximum atomic E-state index is 11.6. The van der Waals surface area contributed by atoms with Gasteiger partial charge in [-0.15, -0.1) is 12.4 Å². The van der Waals surface area contributed by atoms with Crippen molar-refractivity contribution in [3.8, 4) is 0 Å². The average molecular weight is 349 g/mol. The molecule has 1 saturated heterocycles. The van der Waals surface area contributed by atoms with Crippen LogP contribution in [-0.2, 0) is 4.79 Å². The van der Waals surface area contributed by atoms with Crippen LogP contribution in [0.25, 0.3) is 0 Å². The van der Waals surface area contributed by atoms with Crippen molar-refractivity contribution in [2.75, 3.05) is 32.8 Å². The van der Waals surface area contributed by atoms with Crippen molar-refractivity contribution in [1.29, 1.82) is 0 Å². The number of piperidine rings is 1. The molecule has 4 nitrogen and oxygen atoms in total. The van der Waals surface area contributed by atoms with Crippen LogP contribution in [-0.4, -0.2) is 48.7 Å². The van der Waals surface area contributed by atoms with Gasteiger partial charge in [0.1, 0.15) is 0 Å². The van der Waals surface area contributed by atoms with Gasteiger partial charge < -0.3 is 15.3 Å². The largest absolute Gasteiger partial charge is 0.396 e. The molecule has 1 atom stereocenters. The van der Waals surface area contributed by atoms with Crippen molar-refractivity contribution < 1.29 is 9.90 Å². The van der Waals surface area contributed by atoms with E-state index in [2.05, 4.69) is 31.0 Å². The highest BCUT2D eigenvalue weighted by molar-refractivity contribution is 5.85. The Balaban J connectivity index is 0.00000484. The van der Waals surface area contributed by atoms with Crippen molar-refractivity contribution in [3.63, 3.8) is 0 Å². The van der Waals surface area contributed by atoms with Crippen LogP contribution in [0.15, 0.2) is 0 Å². The Morgan fingerprint density at radius 2 is 1.87 bits per heavy atom. The number of nitrogens with zero attached hydrogens (tertiary/aromatic N) is 1. The maximum Gasteiger partial charge on any atom is 0.220 e. The Bertz CT molecular complexity index is 305. The molecule has 0 aromatic rings. The number of aliphatic hydroxyl groups excluding tert-OH is 1. The van der Waals surface area contributed by atoms with E-state index in [1.165, 1.54) is 12.8 Å². The number of nitrogens with one attached hydrogen (secondary N) is 1. The Morgan fingerprint density at radius 1 is 1.22 bits per heavy atom. The molecule has 1 rings (SSSR count). The van der Waals surface area contributed by atoms with Gasteiger partial charge in [0.25, 0.3) is 0 Å². The summed E-state index contributed by atoms with van der Waals surface area (Å²) < 4.78 is 0. The summed E-state index contributed by atoms with van der Waals surface area (Å²) in [5.41, 5.74) is 0. The molecule has 0 spiro atoms. The standard InChI is InChI=1S/C18H36N2O2.ClH/c1-15(2)6-7-18(22)19-10-4-5-11-20-12-8-17(9-13-20)16(3)14-21;/h15-17,21H,4-14H2,1-3H3,(H,19,22);1H. The summed E-state index contributed by atoms with van der Waals surface area (Å²) in [7, 11) is 0. The van der Waals surface area contributed by atoms with E-state index in [1.807, 2.05) is 0 Å². The summed E-state index contributed by atoms with van der Waals surface area (Å²) in [6.07, 6.45) is 6.30. The minimum absolute atomic E-state index is 0. The number of carbonyl (C=O) groups is 1. The second kappa shape index (κ2) is 13.0. The molecule has 0 aliphatic carbocycles. The number of likely N-dealkylation sites (tertiary alicyclic amines) is 1. The number of aliphatic hydroxyl groups is 1. The first-order valence-corrected chi connectivity index (χ1v) is 9.12. The summed E-state index contributed by atoms with van der Waals surface area (Å²) >= 11 is 0. The van der Waals surface area contributed by atoms with Crippen LogP contribution in [0, 0.1) is 17.8 Å². The highest BCUT2D eigenvalue weighted by Gasteiger charge is 2.22. The lowest BCUT2D eigenvalue weighted by Gasteiger charge is -2.34. The van der Waals surface area contributed by atoms with Gasteiger partial charge in [-0.2, -0.15) is 0 Å². The molecular formula is C18H37ClN2O2. The topological polar surface area (TPSA) is 52.6 Å². The lowest BCUT2D eigenvalue weighted by atomic mass is 9.86. The predicted molar refractivity (Wildman–Crippen MR) is 99.0 cm³/mol. The molecule has 1 amide bonds. The summed E-state index contributed by atoms with van der Waals surface area (Å²) in [4.78, 5) is 14.1. The van der Waals surface area contributed by atoms with E-state index in [-0.39, 0.29) is 18.3 Å². The zero-order valence-corrected chi connectivity index (χ0v) is 16.0. The van der Waals surface area contributed by atoms with Crippen LogP contribution in [0.5, 0.6) is 0 Å². The van der Waals surface area contributed by atoms with Gasteiger partial charge in [0.05, 0.1) is 0 Å². The monoisotopic (exact) mass is 348 g/mol. The third kappa shape index (κ3) is 10.2. The second-order valence-corrected chi connectivity index (χ2v) is 7.33. The normalized spacial score (nSPS) is 17.8. The molecule has 0 aromatic carbocycles. The molecule has 138 valence electrons. The van der Waals surface area contributed by atoms with Crippen LogP contribution < -0.4 is 5.32 Å². The third-order valence-corrected chi connectivity index (χ3v) is 4.90. The fourth-order valence-corrected chi connectivity index (χ4v) is 3.09. The third-order valence-electron chi connectivity index (χ3n) is 4.90. The Hall–Kier alpha value is -0.320. The molecule has 0 bridgehead atoms. The minimum Gasteiger partial charge on any atom is -0.396 e. The van der Waals surface area contributed by atoms with E-state index < -0.39 is 0 Å². The average Bonchev–Trinajstić information content (AvgIpc) is 2.52. The lowest BCUT2D eigenvalue weighted by Crippen LogP contribution is -2.37. The summed E-state index contributed by atoms with van der Waals surface area (Å²) in [5.74, 6) is 1.94. The molecule has 1 unspecified atom stereocenters. The van der Waals surface area contributed by atoms with Gasteiger partial charge in [0.15, 0.2) is 0 Å². The SMILES string of the molecule is CC(C)CCC(=O)NCCCCN1CCC(C(C)CO)CC1.Cl. The summed E-state index contributed by atoms with van der Waals surface area (Å²) in [6, 6.07) is 0. The number of carbonyl (C=O) groups excluding carboxylic acids is 1. The fraction of sp³-hybridized carbons (Fsp3) is 0.944. The predicted octanol–water partition coefficient (Wildman–Crippen LogP) is 3.08. The molecule has 1 fully saturated rings. The quantitative estimate of drug-likeness (QED) is 0.596. The van der Waals surface area contributed by atoms with Crippen LogP contribution in [0.2, 0.25) is 0 Å². The molecule has 1 heterocycles. The van der Waals surface area contributed by atoms with Crippen LogP contribution in [0.1, 0.15) is 59.3 Å². The molecule has 1 aliphatic rings. The Kier molecular flexibility index (Phi) is 12.8. The highest BCUT2D eigenvalue weighted by Crippen LogP contribution is 2.24.